The fourth-order valence-electron chi connectivity index (χ4n) is 4.30. The van der Waals surface area contributed by atoms with Crippen LogP contribution < -0.4 is 10.9 Å². The molecule has 5 heteroatoms. The fourth-order valence-corrected chi connectivity index (χ4v) is 4.30. The molecule has 0 amide bonds. The van der Waals surface area contributed by atoms with Gasteiger partial charge < -0.3 is 14.8 Å². The van der Waals surface area contributed by atoms with Crippen molar-refractivity contribution in [3.05, 3.63) is 40.0 Å². The van der Waals surface area contributed by atoms with Gasteiger partial charge in [-0.15, -0.1) is 0 Å². The molecule has 1 fully saturated rings. The summed E-state index contributed by atoms with van der Waals surface area (Å²) < 4.78 is 5.56. The van der Waals surface area contributed by atoms with Gasteiger partial charge in [-0.05, 0) is 30.6 Å². The largest absolute Gasteiger partial charge is 0.427 e. The molecular weight excluding hydrogens is 306 g/mol. The van der Waals surface area contributed by atoms with Crippen LogP contribution in [0.2, 0.25) is 0 Å². The SMILES string of the molecule is C[C@H]1C=C[C@@H]2CCCC[C@@H]2[C@@H]1c1cc(NCCO)c(C=O)c(=O)o1. The van der Waals surface area contributed by atoms with Gasteiger partial charge in [0, 0.05) is 18.5 Å². The van der Waals surface area contributed by atoms with Gasteiger partial charge in [0.25, 0.3) is 0 Å². The molecule has 1 saturated carbocycles. The molecule has 0 unspecified atom stereocenters. The van der Waals surface area contributed by atoms with Crippen molar-refractivity contribution in [3.63, 3.8) is 0 Å². The van der Waals surface area contributed by atoms with Gasteiger partial charge in [0.05, 0.1) is 12.3 Å². The van der Waals surface area contributed by atoms with Gasteiger partial charge in [-0.2, -0.15) is 0 Å². The van der Waals surface area contributed by atoms with Crippen LogP contribution in [0.5, 0.6) is 0 Å². The van der Waals surface area contributed by atoms with E-state index in [1.54, 1.807) is 6.07 Å². The van der Waals surface area contributed by atoms with E-state index in [9.17, 15) is 9.59 Å². The molecule has 1 aromatic rings. The zero-order valence-corrected chi connectivity index (χ0v) is 14.0. The molecule has 0 saturated heterocycles. The molecule has 2 N–H and O–H groups in total. The second kappa shape index (κ2) is 7.34. The number of nitrogens with one attached hydrogen (secondary N) is 1. The van der Waals surface area contributed by atoms with Gasteiger partial charge in [-0.25, -0.2) is 4.79 Å². The highest BCUT2D eigenvalue weighted by molar-refractivity contribution is 5.83. The van der Waals surface area contributed by atoms with Crippen LogP contribution in [0.3, 0.4) is 0 Å². The molecule has 4 atom stereocenters. The Morgan fingerprint density at radius 2 is 2.12 bits per heavy atom. The molecule has 1 aromatic heterocycles. The number of rotatable bonds is 5. The molecule has 0 aliphatic heterocycles. The zero-order chi connectivity index (χ0) is 17.1. The third-order valence-corrected chi connectivity index (χ3v) is 5.45. The third kappa shape index (κ3) is 3.18. The Labute approximate surface area is 141 Å². The van der Waals surface area contributed by atoms with E-state index in [1.807, 2.05) is 0 Å². The lowest BCUT2D eigenvalue weighted by Crippen LogP contribution is -2.32. The molecule has 24 heavy (non-hydrogen) atoms. The first-order chi connectivity index (χ1) is 11.7. The Hall–Kier alpha value is -1.88. The summed E-state index contributed by atoms with van der Waals surface area (Å²) in [5, 5.41) is 12.0. The maximum Gasteiger partial charge on any atom is 0.348 e. The first-order valence-electron chi connectivity index (χ1n) is 8.82. The van der Waals surface area contributed by atoms with Gasteiger partial charge in [-0.3, -0.25) is 4.79 Å². The smallest absolute Gasteiger partial charge is 0.348 e. The van der Waals surface area contributed by atoms with Crippen LogP contribution in [-0.2, 0) is 0 Å². The Bertz CT molecular complexity index is 678. The van der Waals surface area contributed by atoms with Crippen molar-refractivity contribution in [2.75, 3.05) is 18.5 Å². The average Bonchev–Trinajstić information content (AvgIpc) is 2.59. The van der Waals surface area contributed by atoms with E-state index < -0.39 is 5.63 Å². The number of aliphatic hydroxyl groups is 1. The lowest BCUT2D eigenvalue weighted by Gasteiger charge is -2.40. The van der Waals surface area contributed by atoms with Gasteiger partial charge in [-0.1, -0.05) is 31.9 Å². The van der Waals surface area contributed by atoms with E-state index in [0.717, 1.165) is 6.42 Å². The van der Waals surface area contributed by atoms with Gasteiger partial charge in [0.1, 0.15) is 11.3 Å². The van der Waals surface area contributed by atoms with Crippen molar-refractivity contribution in [2.24, 2.45) is 17.8 Å². The Morgan fingerprint density at radius 1 is 1.33 bits per heavy atom. The second-order valence-electron chi connectivity index (χ2n) is 6.91. The molecule has 1 heterocycles. The van der Waals surface area contributed by atoms with Crippen LogP contribution in [0.1, 0.15) is 54.6 Å². The number of hydrogen-bond donors (Lipinski definition) is 2. The highest BCUT2D eigenvalue weighted by Gasteiger charge is 2.38. The molecule has 0 bridgehead atoms. The average molecular weight is 331 g/mol. The molecule has 3 rings (SSSR count). The van der Waals surface area contributed by atoms with Crippen LogP contribution in [0, 0.1) is 17.8 Å². The second-order valence-corrected chi connectivity index (χ2v) is 6.91. The maximum absolute atomic E-state index is 12.2. The number of carbonyl (C=O) groups is 1. The lowest BCUT2D eigenvalue weighted by atomic mass is 9.64. The first kappa shape index (κ1) is 17.0. The van der Waals surface area contributed by atoms with E-state index in [4.69, 9.17) is 9.52 Å². The monoisotopic (exact) mass is 331 g/mol. The number of carbonyl (C=O) groups excluding carboxylic acids is 1. The van der Waals surface area contributed by atoms with Crippen molar-refractivity contribution >= 4 is 12.0 Å². The summed E-state index contributed by atoms with van der Waals surface area (Å²) in [6, 6.07) is 1.78. The highest BCUT2D eigenvalue weighted by atomic mass is 16.4. The molecule has 0 spiro atoms. The van der Waals surface area contributed by atoms with Crippen LogP contribution >= 0.6 is 0 Å². The van der Waals surface area contributed by atoms with E-state index in [2.05, 4.69) is 24.4 Å². The summed E-state index contributed by atoms with van der Waals surface area (Å²) >= 11 is 0. The minimum Gasteiger partial charge on any atom is -0.427 e. The molecule has 0 radical (unpaired) electrons. The van der Waals surface area contributed by atoms with Gasteiger partial charge >= 0.3 is 5.63 Å². The summed E-state index contributed by atoms with van der Waals surface area (Å²) in [4.78, 5) is 23.5. The standard InChI is InChI=1S/C19H25NO4/c1-12-6-7-13-4-2-3-5-14(13)18(12)17-10-16(20-8-9-21)15(11-22)19(23)24-17/h6-7,10-14,18,20-21H,2-5,8-9H2,1H3/t12-,13-,14-,18+/m0/s1. The van der Waals surface area contributed by atoms with Crippen molar-refractivity contribution in [1.82, 2.24) is 0 Å². The number of allylic oxidation sites excluding steroid dienone is 2. The number of aldehydes is 1. The van der Waals surface area contributed by atoms with Crippen molar-refractivity contribution < 1.29 is 14.3 Å². The van der Waals surface area contributed by atoms with Crippen LogP contribution in [0.4, 0.5) is 5.69 Å². The summed E-state index contributed by atoms with van der Waals surface area (Å²) in [7, 11) is 0. The topological polar surface area (TPSA) is 79.5 Å². The number of fused-ring (bicyclic) bond motifs is 1. The maximum atomic E-state index is 12.2. The summed E-state index contributed by atoms with van der Waals surface area (Å²) in [6.07, 6.45) is 9.87. The van der Waals surface area contributed by atoms with E-state index in [1.165, 1.54) is 19.3 Å². The molecule has 5 nitrogen and oxygen atoms in total. The number of anilines is 1. The summed E-state index contributed by atoms with van der Waals surface area (Å²) in [6.45, 7) is 2.37. The van der Waals surface area contributed by atoms with E-state index in [-0.39, 0.29) is 24.6 Å². The normalized spacial score (nSPS) is 29.1. The van der Waals surface area contributed by atoms with Crippen molar-refractivity contribution in [1.29, 1.82) is 0 Å². The Balaban J connectivity index is 2.01. The molecular formula is C19H25NO4. The van der Waals surface area contributed by atoms with Crippen LogP contribution in [0.25, 0.3) is 0 Å². The summed E-state index contributed by atoms with van der Waals surface area (Å²) in [5.41, 5.74) is -0.150. The molecule has 2 aliphatic rings. The van der Waals surface area contributed by atoms with Crippen LogP contribution in [-0.4, -0.2) is 24.5 Å². The first-order valence-corrected chi connectivity index (χ1v) is 8.82. The van der Waals surface area contributed by atoms with Gasteiger partial charge in [0.2, 0.25) is 0 Å². The Morgan fingerprint density at radius 3 is 2.88 bits per heavy atom. The summed E-state index contributed by atoms with van der Waals surface area (Å²) in [5.74, 6) is 2.13. The van der Waals surface area contributed by atoms with E-state index >= 15 is 0 Å². The van der Waals surface area contributed by atoms with Gasteiger partial charge in [0.15, 0.2) is 6.29 Å². The lowest BCUT2D eigenvalue weighted by molar-refractivity contribution is 0.111. The van der Waals surface area contributed by atoms with Crippen molar-refractivity contribution in [3.8, 4) is 0 Å². The zero-order valence-electron chi connectivity index (χ0n) is 14.0. The fraction of sp³-hybridized carbons (Fsp3) is 0.579. The van der Waals surface area contributed by atoms with E-state index in [0.29, 0.717) is 35.5 Å². The van der Waals surface area contributed by atoms with Crippen LogP contribution in [0.15, 0.2) is 27.4 Å². The molecule has 0 aromatic carbocycles. The number of hydrogen-bond acceptors (Lipinski definition) is 5. The molecule has 130 valence electrons. The minimum absolute atomic E-state index is 0.00796. The van der Waals surface area contributed by atoms with Crippen molar-refractivity contribution in [2.45, 2.75) is 38.5 Å². The Kier molecular flexibility index (Phi) is 5.19. The third-order valence-electron chi connectivity index (χ3n) is 5.45. The predicted molar refractivity (Wildman–Crippen MR) is 92.4 cm³/mol. The highest BCUT2D eigenvalue weighted by Crippen LogP contribution is 2.47. The minimum atomic E-state index is -0.600. The number of aliphatic hydroxyl groups excluding tert-OH is 1. The predicted octanol–water partition coefficient (Wildman–Crippen LogP) is 2.95. The molecule has 2 aliphatic carbocycles. The quantitative estimate of drug-likeness (QED) is 0.640.